The molecule has 23 heavy (non-hydrogen) atoms. The van der Waals surface area contributed by atoms with Gasteiger partial charge in [0.15, 0.2) is 0 Å². The van der Waals surface area contributed by atoms with Crippen LogP contribution in [0.1, 0.15) is 11.1 Å². The largest absolute Gasteiger partial charge is 0.293 e. The number of nitrogens with zero attached hydrogens (tertiary/aromatic N) is 2. The van der Waals surface area contributed by atoms with Crippen LogP contribution in [0.5, 0.6) is 0 Å². The van der Waals surface area contributed by atoms with Crippen LogP contribution in [-0.2, 0) is 11.3 Å². The Balaban J connectivity index is 1.86. The van der Waals surface area contributed by atoms with Crippen molar-refractivity contribution in [3.05, 3.63) is 68.8 Å². The van der Waals surface area contributed by atoms with Gasteiger partial charge in [-0.1, -0.05) is 29.3 Å². The lowest BCUT2D eigenvalue weighted by Crippen LogP contribution is -2.27. The van der Waals surface area contributed by atoms with Crippen molar-refractivity contribution in [2.45, 2.75) is 6.54 Å². The second kappa shape index (κ2) is 6.74. The van der Waals surface area contributed by atoms with Crippen molar-refractivity contribution in [2.24, 2.45) is 0 Å². The Morgan fingerprint density at radius 1 is 1.09 bits per heavy atom. The highest BCUT2D eigenvalue weighted by atomic mass is 35.5. The summed E-state index contributed by atoms with van der Waals surface area (Å²) in [7, 11) is 0. The Hall–Kier alpha value is -1.82. The van der Waals surface area contributed by atoms with E-state index in [0.29, 0.717) is 20.5 Å². The molecule has 0 N–H and O–H groups in total. The van der Waals surface area contributed by atoms with Gasteiger partial charge in [0.25, 0.3) is 11.1 Å². The summed E-state index contributed by atoms with van der Waals surface area (Å²) in [6.07, 6.45) is 4.92. The molecule has 1 saturated heterocycles. The van der Waals surface area contributed by atoms with Crippen LogP contribution in [0.3, 0.4) is 0 Å². The van der Waals surface area contributed by atoms with Crippen molar-refractivity contribution in [1.82, 2.24) is 9.88 Å². The number of rotatable bonds is 3. The summed E-state index contributed by atoms with van der Waals surface area (Å²) in [6.45, 7) is 0.0524. The van der Waals surface area contributed by atoms with E-state index < -0.39 is 0 Å². The molecule has 7 heteroatoms. The molecule has 0 aliphatic carbocycles. The van der Waals surface area contributed by atoms with E-state index in [0.717, 1.165) is 22.2 Å². The number of pyridine rings is 1. The number of hydrogen-bond donors (Lipinski definition) is 0. The summed E-state index contributed by atoms with van der Waals surface area (Å²) in [6, 6.07) is 8.59. The number of hydrogen-bond acceptors (Lipinski definition) is 4. The number of carbonyl (C=O) groups is 2. The van der Waals surface area contributed by atoms with Crippen LogP contribution < -0.4 is 0 Å². The van der Waals surface area contributed by atoms with Gasteiger partial charge >= 0.3 is 0 Å². The zero-order chi connectivity index (χ0) is 16.4. The molecule has 0 radical (unpaired) electrons. The fourth-order valence-corrected chi connectivity index (χ4v) is 3.44. The van der Waals surface area contributed by atoms with Crippen LogP contribution in [0.25, 0.3) is 6.08 Å². The Bertz CT molecular complexity index is 789. The van der Waals surface area contributed by atoms with Crippen LogP contribution >= 0.6 is 35.0 Å². The number of imide groups is 1. The highest BCUT2D eigenvalue weighted by Gasteiger charge is 2.35. The molecule has 1 aromatic heterocycles. The van der Waals surface area contributed by atoms with E-state index in [1.807, 2.05) is 0 Å². The molecule has 1 aliphatic rings. The Morgan fingerprint density at radius 2 is 1.74 bits per heavy atom. The third kappa shape index (κ3) is 3.42. The van der Waals surface area contributed by atoms with Gasteiger partial charge in [0, 0.05) is 28.0 Å². The molecule has 4 nitrogen and oxygen atoms in total. The molecule has 3 rings (SSSR count). The molecule has 0 saturated carbocycles. The zero-order valence-corrected chi connectivity index (χ0v) is 14.0. The smallest absolute Gasteiger partial charge is 0.268 e. The van der Waals surface area contributed by atoms with E-state index in [4.69, 9.17) is 23.2 Å². The molecule has 2 amide bonds. The number of amides is 2. The molecule has 2 aromatic rings. The maximum Gasteiger partial charge on any atom is 0.293 e. The lowest BCUT2D eigenvalue weighted by molar-refractivity contribution is -0.123. The Labute approximate surface area is 147 Å². The van der Waals surface area contributed by atoms with Gasteiger partial charge in [-0.25, -0.2) is 0 Å². The van der Waals surface area contributed by atoms with E-state index in [-0.39, 0.29) is 17.7 Å². The van der Waals surface area contributed by atoms with Crippen molar-refractivity contribution < 1.29 is 9.59 Å². The van der Waals surface area contributed by atoms with Crippen LogP contribution in [0.2, 0.25) is 10.0 Å². The van der Waals surface area contributed by atoms with Crippen molar-refractivity contribution in [1.29, 1.82) is 0 Å². The minimum Gasteiger partial charge on any atom is -0.268 e. The summed E-state index contributed by atoms with van der Waals surface area (Å²) in [4.78, 5) is 30.0. The van der Waals surface area contributed by atoms with Crippen molar-refractivity contribution in [2.75, 3.05) is 0 Å². The molecule has 1 aromatic carbocycles. The molecule has 0 atom stereocenters. The molecule has 1 fully saturated rings. The predicted octanol–water partition coefficient (Wildman–Crippen LogP) is 4.62. The maximum absolute atomic E-state index is 12.5. The van der Waals surface area contributed by atoms with Crippen molar-refractivity contribution >= 4 is 52.2 Å². The fourth-order valence-electron chi connectivity index (χ4n) is 2.09. The first-order chi connectivity index (χ1) is 11.1. The fraction of sp³-hybridized carbons (Fsp3) is 0.0625. The zero-order valence-electron chi connectivity index (χ0n) is 11.7. The second-order valence-electron chi connectivity index (χ2n) is 4.75. The third-order valence-electron chi connectivity index (χ3n) is 3.26. The monoisotopic (exact) mass is 364 g/mol. The number of thioether (sulfide) groups is 1. The predicted molar refractivity (Wildman–Crippen MR) is 92.2 cm³/mol. The molecule has 116 valence electrons. The number of carbonyl (C=O) groups excluding carboxylic acids is 2. The first kappa shape index (κ1) is 16.1. The van der Waals surface area contributed by atoms with Gasteiger partial charge in [-0.15, -0.1) is 0 Å². The number of aromatic nitrogens is 1. The quantitative estimate of drug-likeness (QED) is 0.745. The number of halogens is 2. The van der Waals surface area contributed by atoms with Gasteiger partial charge in [-0.2, -0.15) is 0 Å². The minimum absolute atomic E-state index is 0.0524. The van der Waals surface area contributed by atoms with Gasteiger partial charge in [0.2, 0.25) is 0 Å². The van der Waals surface area contributed by atoms with Gasteiger partial charge < -0.3 is 0 Å². The summed E-state index contributed by atoms with van der Waals surface area (Å²) in [5.74, 6) is -0.354. The minimum atomic E-state index is -0.354. The first-order valence-corrected chi connectivity index (χ1v) is 8.22. The number of benzene rings is 1. The second-order valence-corrected chi connectivity index (χ2v) is 6.56. The Morgan fingerprint density at radius 3 is 2.39 bits per heavy atom. The summed E-state index contributed by atoms with van der Waals surface area (Å²) < 4.78 is 0. The van der Waals surface area contributed by atoms with E-state index >= 15 is 0 Å². The average Bonchev–Trinajstić information content (AvgIpc) is 2.79. The molecule has 0 spiro atoms. The lowest BCUT2D eigenvalue weighted by atomic mass is 10.2. The summed E-state index contributed by atoms with van der Waals surface area (Å²) in [5.41, 5.74) is 1.37. The van der Waals surface area contributed by atoms with E-state index in [1.165, 1.54) is 0 Å². The van der Waals surface area contributed by atoms with E-state index in [9.17, 15) is 9.59 Å². The van der Waals surface area contributed by atoms with E-state index in [1.54, 1.807) is 48.8 Å². The Kier molecular flexibility index (Phi) is 4.71. The normalized spacial score (nSPS) is 16.4. The van der Waals surface area contributed by atoms with Crippen LogP contribution in [0, 0.1) is 0 Å². The molecule has 1 aliphatic heterocycles. The lowest BCUT2D eigenvalue weighted by Gasteiger charge is -2.14. The van der Waals surface area contributed by atoms with Crippen molar-refractivity contribution in [3.8, 4) is 0 Å². The molecule has 0 unspecified atom stereocenters. The SMILES string of the molecule is O=C1S/C(=C/c2ccncc2)C(=O)N1Cc1c(Cl)cccc1Cl. The highest BCUT2D eigenvalue weighted by molar-refractivity contribution is 8.18. The topological polar surface area (TPSA) is 50.3 Å². The van der Waals surface area contributed by atoms with Gasteiger partial charge in [0.05, 0.1) is 11.4 Å². The molecular formula is C16H10Cl2N2O2S. The van der Waals surface area contributed by atoms with Crippen molar-refractivity contribution in [3.63, 3.8) is 0 Å². The standard InChI is InChI=1S/C16H10Cl2N2O2S/c17-12-2-1-3-13(18)11(12)9-20-15(21)14(23-16(20)22)8-10-4-6-19-7-5-10/h1-8H,9H2/b14-8+. The average molecular weight is 365 g/mol. The molecule has 2 heterocycles. The highest BCUT2D eigenvalue weighted by Crippen LogP contribution is 2.35. The third-order valence-corrected chi connectivity index (χ3v) is 4.87. The maximum atomic E-state index is 12.5. The van der Waals surface area contributed by atoms with Crippen LogP contribution in [0.4, 0.5) is 4.79 Å². The van der Waals surface area contributed by atoms with Crippen LogP contribution in [0.15, 0.2) is 47.6 Å². The van der Waals surface area contributed by atoms with Gasteiger partial charge in [-0.3, -0.25) is 19.5 Å². The summed E-state index contributed by atoms with van der Waals surface area (Å²) in [5, 5.41) is 0.510. The van der Waals surface area contributed by atoms with E-state index in [2.05, 4.69) is 4.98 Å². The molecule has 0 bridgehead atoms. The summed E-state index contributed by atoms with van der Waals surface area (Å²) >= 11 is 13.1. The first-order valence-electron chi connectivity index (χ1n) is 6.64. The molecular weight excluding hydrogens is 355 g/mol. The van der Waals surface area contributed by atoms with Crippen LogP contribution in [-0.4, -0.2) is 21.0 Å². The van der Waals surface area contributed by atoms with Gasteiger partial charge in [0.1, 0.15) is 0 Å². The van der Waals surface area contributed by atoms with Gasteiger partial charge in [-0.05, 0) is 47.7 Å².